The van der Waals surface area contributed by atoms with Crippen LogP contribution in [0.4, 0.5) is 0 Å². The number of rotatable bonds is 8. The van der Waals surface area contributed by atoms with Crippen molar-refractivity contribution in [3.05, 3.63) is 34.9 Å². The average Bonchev–Trinajstić information content (AvgIpc) is 2.67. The third kappa shape index (κ3) is 8.96. The lowest BCUT2D eigenvalue weighted by molar-refractivity contribution is 0.0955. The van der Waals surface area contributed by atoms with Crippen molar-refractivity contribution in [3.8, 4) is 0 Å². The first kappa shape index (κ1) is 25.0. The van der Waals surface area contributed by atoms with Crippen LogP contribution in [0.5, 0.6) is 0 Å². The van der Waals surface area contributed by atoms with Crippen LogP contribution in [0.1, 0.15) is 43.5 Å². The maximum absolute atomic E-state index is 12.1. The molecule has 1 aliphatic rings. The van der Waals surface area contributed by atoms with Gasteiger partial charge in [0.05, 0.1) is 6.54 Å². The normalized spacial score (nSPS) is 15.6. The predicted octanol–water partition coefficient (Wildman–Crippen LogP) is 3.12. The summed E-state index contributed by atoms with van der Waals surface area (Å²) < 4.78 is 0. The first-order valence-corrected chi connectivity index (χ1v) is 10.3. The number of guanidine groups is 1. The summed E-state index contributed by atoms with van der Waals surface area (Å²) in [5.41, 5.74) is 0.604. The fraction of sp³-hybridized carbons (Fsp3) is 0.600. The van der Waals surface area contributed by atoms with Crippen LogP contribution in [0.2, 0.25) is 5.02 Å². The first-order valence-electron chi connectivity index (χ1n) is 9.93. The minimum absolute atomic E-state index is 0. The number of nitrogens with zero attached hydrogens (tertiary/aromatic N) is 2. The molecule has 158 valence electrons. The van der Waals surface area contributed by atoms with Gasteiger partial charge in [-0.05, 0) is 57.0 Å². The number of carbonyl (C=O) groups excluding carboxylic acids is 1. The summed E-state index contributed by atoms with van der Waals surface area (Å²) in [6.07, 6.45) is 3.49. The number of benzene rings is 1. The Morgan fingerprint density at radius 3 is 2.46 bits per heavy atom. The van der Waals surface area contributed by atoms with E-state index in [0.29, 0.717) is 29.7 Å². The van der Waals surface area contributed by atoms with Crippen LogP contribution in [-0.2, 0) is 0 Å². The van der Waals surface area contributed by atoms with Crippen LogP contribution in [0.25, 0.3) is 0 Å². The average molecular weight is 522 g/mol. The van der Waals surface area contributed by atoms with Gasteiger partial charge in [0.15, 0.2) is 5.96 Å². The molecule has 1 amide bonds. The lowest BCUT2D eigenvalue weighted by Gasteiger charge is -2.32. The Kier molecular flexibility index (Phi) is 12.5. The fourth-order valence-electron chi connectivity index (χ4n) is 3.17. The van der Waals surface area contributed by atoms with Gasteiger partial charge in [0, 0.05) is 42.8 Å². The Morgan fingerprint density at radius 2 is 1.86 bits per heavy atom. The van der Waals surface area contributed by atoms with Gasteiger partial charge in [-0.15, -0.1) is 24.0 Å². The summed E-state index contributed by atoms with van der Waals surface area (Å²) in [6, 6.07) is 7.33. The van der Waals surface area contributed by atoms with Crippen LogP contribution in [0.15, 0.2) is 29.3 Å². The zero-order valence-electron chi connectivity index (χ0n) is 16.8. The fourth-order valence-corrected chi connectivity index (χ4v) is 3.30. The number of hydrogen-bond donors (Lipinski definition) is 3. The standard InChI is InChI=1S/C20H32ClN5O.HI/c1-3-13-26-14-9-18(10-15-26)25-20(22-4-2)24-12-11-23-19(27)16-5-7-17(21)8-6-16;/h5-8,18H,3-4,9-15H2,1-2H3,(H,23,27)(H2,22,24,25);1H. The third-order valence-corrected chi connectivity index (χ3v) is 4.84. The van der Waals surface area contributed by atoms with Crippen molar-refractivity contribution in [2.45, 2.75) is 39.2 Å². The van der Waals surface area contributed by atoms with E-state index in [1.165, 1.54) is 13.0 Å². The summed E-state index contributed by atoms with van der Waals surface area (Å²) in [4.78, 5) is 19.2. The van der Waals surface area contributed by atoms with E-state index < -0.39 is 0 Å². The van der Waals surface area contributed by atoms with Crippen molar-refractivity contribution < 1.29 is 4.79 Å². The van der Waals surface area contributed by atoms with Gasteiger partial charge in [-0.2, -0.15) is 0 Å². The topological polar surface area (TPSA) is 68.8 Å². The second-order valence-corrected chi connectivity index (χ2v) is 7.22. The molecule has 1 aliphatic heterocycles. The van der Waals surface area contributed by atoms with Crippen molar-refractivity contribution in [2.24, 2.45) is 4.99 Å². The molecule has 1 aromatic rings. The molecule has 1 heterocycles. The molecular formula is C20H33ClIN5O. The van der Waals surface area contributed by atoms with E-state index in [1.807, 2.05) is 0 Å². The van der Waals surface area contributed by atoms with Gasteiger partial charge in [-0.1, -0.05) is 18.5 Å². The molecule has 2 rings (SSSR count). The summed E-state index contributed by atoms with van der Waals surface area (Å²) in [6.45, 7) is 9.60. The SMILES string of the molecule is CCCN1CCC(NC(=NCCNC(=O)c2ccc(Cl)cc2)NCC)CC1.I. The van der Waals surface area contributed by atoms with E-state index in [1.54, 1.807) is 24.3 Å². The molecule has 0 saturated carbocycles. The van der Waals surface area contributed by atoms with Crippen LogP contribution in [0, 0.1) is 0 Å². The highest BCUT2D eigenvalue weighted by atomic mass is 127. The molecule has 0 atom stereocenters. The van der Waals surface area contributed by atoms with Gasteiger partial charge in [0.25, 0.3) is 5.91 Å². The summed E-state index contributed by atoms with van der Waals surface area (Å²) in [5.74, 6) is 0.718. The van der Waals surface area contributed by atoms with E-state index in [0.717, 1.165) is 38.4 Å². The van der Waals surface area contributed by atoms with Crippen LogP contribution < -0.4 is 16.0 Å². The second-order valence-electron chi connectivity index (χ2n) is 6.78. The molecule has 0 radical (unpaired) electrons. The molecule has 0 aliphatic carbocycles. The summed E-state index contributed by atoms with van der Waals surface area (Å²) in [7, 11) is 0. The van der Waals surface area contributed by atoms with Crippen molar-refractivity contribution in [2.75, 3.05) is 39.3 Å². The lowest BCUT2D eigenvalue weighted by atomic mass is 10.1. The smallest absolute Gasteiger partial charge is 0.251 e. The van der Waals surface area contributed by atoms with E-state index in [4.69, 9.17) is 11.6 Å². The molecule has 6 nitrogen and oxygen atoms in total. The van der Waals surface area contributed by atoms with E-state index in [-0.39, 0.29) is 29.9 Å². The van der Waals surface area contributed by atoms with Gasteiger partial charge < -0.3 is 20.9 Å². The monoisotopic (exact) mass is 521 g/mol. The largest absolute Gasteiger partial charge is 0.357 e. The van der Waals surface area contributed by atoms with Gasteiger partial charge in [-0.3, -0.25) is 9.79 Å². The molecule has 0 aromatic heterocycles. The first-order chi connectivity index (χ1) is 13.1. The molecule has 0 unspecified atom stereocenters. The Labute approximate surface area is 190 Å². The quantitative estimate of drug-likeness (QED) is 0.213. The number of aliphatic imine (C=N–C) groups is 1. The van der Waals surface area contributed by atoms with Gasteiger partial charge in [0.2, 0.25) is 0 Å². The maximum Gasteiger partial charge on any atom is 0.251 e. The van der Waals surface area contributed by atoms with Gasteiger partial charge in [-0.25, -0.2) is 0 Å². The Balaban J connectivity index is 0.00000392. The number of likely N-dealkylation sites (tertiary alicyclic amines) is 1. The summed E-state index contributed by atoms with van der Waals surface area (Å²) >= 11 is 5.85. The number of carbonyl (C=O) groups is 1. The number of amides is 1. The van der Waals surface area contributed by atoms with Crippen molar-refractivity contribution in [3.63, 3.8) is 0 Å². The maximum atomic E-state index is 12.1. The molecule has 1 fully saturated rings. The zero-order chi connectivity index (χ0) is 19.5. The molecule has 8 heteroatoms. The highest BCUT2D eigenvalue weighted by Crippen LogP contribution is 2.10. The third-order valence-electron chi connectivity index (χ3n) is 4.59. The number of halogens is 2. The molecular weight excluding hydrogens is 489 g/mol. The van der Waals surface area contributed by atoms with Crippen molar-refractivity contribution >= 4 is 47.4 Å². The number of nitrogens with one attached hydrogen (secondary N) is 3. The lowest BCUT2D eigenvalue weighted by Crippen LogP contribution is -2.49. The van der Waals surface area contributed by atoms with E-state index >= 15 is 0 Å². The zero-order valence-corrected chi connectivity index (χ0v) is 19.9. The van der Waals surface area contributed by atoms with Crippen LogP contribution in [-0.4, -0.2) is 62.1 Å². The van der Waals surface area contributed by atoms with Gasteiger partial charge in [0.1, 0.15) is 0 Å². The van der Waals surface area contributed by atoms with Crippen molar-refractivity contribution in [1.82, 2.24) is 20.9 Å². The number of piperidine rings is 1. The molecule has 1 aromatic carbocycles. The predicted molar refractivity (Wildman–Crippen MR) is 128 cm³/mol. The highest BCUT2D eigenvalue weighted by molar-refractivity contribution is 14.0. The highest BCUT2D eigenvalue weighted by Gasteiger charge is 2.19. The molecule has 0 bridgehead atoms. The van der Waals surface area contributed by atoms with Crippen molar-refractivity contribution in [1.29, 1.82) is 0 Å². The summed E-state index contributed by atoms with van der Waals surface area (Å²) in [5, 5.41) is 10.3. The Bertz CT molecular complexity index is 603. The number of hydrogen-bond acceptors (Lipinski definition) is 3. The van der Waals surface area contributed by atoms with Crippen LogP contribution in [0.3, 0.4) is 0 Å². The molecule has 3 N–H and O–H groups in total. The van der Waals surface area contributed by atoms with Gasteiger partial charge >= 0.3 is 0 Å². The molecule has 1 saturated heterocycles. The van der Waals surface area contributed by atoms with E-state index in [9.17, 15) is 4.79 Å². The minimum atomic E-state index is -0.108. The van der Waals surface area contributed by atoms with Crippen LogP contribution >= 0.6 is 35.6 Å². The minimum Gasteiger partial charge on any atom is -0.357 e. The van der Waals surface area contributed by atoms with E-state index in [2.05, 4.69) is 39.7 Å². The molecule has 0 spiro atoms. The Morgan fingerprint density at radius 1 is 1.18 bits per heavy atom. The second kappa shape index (κ2) is 14.0. The Hall–Kier alpha value is -1.06. The molecule has 28 heavy (non-hydrogen) atoms.